The molecule has 1 heterocycles. The first-order valence-electron chi connectivity index (χ1n) is 7.57. The molecule has 0 amide bonds. The Bertz CT molecular complexity index is 1060. The first kappa shape index (κ1) is 20.0. The molecule has 9 heteroatoms. The summed E-state index contributed by atoms with van der Waals surface area (Å²) >= 11 is 0. The zero-order valence-electron chi connectivity index (χ0n) is 14.0. The molecule has 0 fully saturated rings. The second-order valence-corrected chi connectivity index (χ2v) is 7.62. The third-order valence-corrected chi connectivity index (χ3v) is 4.87. The molecule has 0 aliphatic carbocycles. The lowest BCUT2D eigenvalue weighted by atomic mass is 10.0. The fourth-order valence-corrected chi connectivity index (χ4v) is 3.24. The number of allylic oxidation sites excluding steroid dienone is 1. The van der Waals surface area contributed by atoms with E-state index in [2.05, 4.69) is 10.3 Å². The summed E-state index contributed by atoms with van der Waals surface area (Å²) < 4.78 is 38.7. The normalized spacial score (nSPS) is 12.2. The van der Waals surface area contributed by atoms with Crippen molar-refractivity contribution in [1.29, 1.82) is 0 Å². The summed E-state index contributed by atoms with van der Waals surface area (Å²) in [6, 6.07) is 12.0. The quantitative estimate of drug-likeness (QED) is 0.716. The highest BCUT2D eigenvalue weighted by atomic mass is 35.5. The van der Waals surface area contributed by atoms with Crippen molar-refractivity contribution < 1.29 is 12.8 Å². The van der Waals surface area contributed by atoms with Crippen molar-refractivity contribution in [2.45, 2.75) is 11.4 Å². The third kappa shape index (κ3) is 4.09. The van der Waals surface area contributed by atoms with E-state index in [-0.39, 0.29) is 30.4 Å². The van der Waals surface area contributed by atoms with E-state index in [4.69, 9.17) is 5.73 Å². The van der Waals surface area contributed by atoms with Crippen LogP contribution in [0.25, 0.3) is 22.2 Å². The molecule has 0 aliphatic rings. The van der Waals surface area contributed by atoms with Gasteiger partial charge in [0.25, 0.3) is 0 Å². The topological polar surface area (TPSA) is 90.9 Å². The Morgan fingerprint density at radius 1 is 1.27 bits per heavy atom. The monoisotopic (exact) mass is 396 g/mol. The molecular formula is C17H18ClFN4O2S. The first-order chi connectivity index (χ1) is 11.9. The highest BCUT2D eigenvalue weighted by Gasteiger charge is 2.13. The van der Waals surface area contributed by atoms with Gasteiger partial charge in [-0.15, -0.1) is 17.5 Å². The average Bonchev–Trinajstić information content (AvgIpc) is 2.97. The molecule has 0 atom stereocenters. The van der Waals surface area contributed by atoms with Crippen LogP contribution in [0, 0.1) is 0 Å². The maximum absolute atomic E-state index is 13.7. The number of aromatic nitrogens is 3. The molecule has 1 aromatic heterocycles. The minimum absolute atomic E-state index is 0. The molecule has 0 saturated carbocycles. The summed E-state index contributed by atoms with van der Waals surface area (Å²) in [7, 11) is -3.31. The number of rotatable bonds is 5. The highest BCUT2D eigenvalue weighted by molar-refractivity contribution is 7.90. The van der Waals surface area contributed by atoms with Crippen molar-refractivity contribution in [2.75, 3.05) is 12.8 Å². The van der Waals surface area contributed by atoms with Gasteiger partial charge in [0.1, 0.15) is 11.3 Å². The molecule has 0 saturated heterocycles. The Morgan fingerprint density at radius 3 is 2.69 bits per heavy atom. The molecular weight excluding hydrogens is 379 g/mol. The fraction of sp³-hybridized carbons (Fsp3) is 0.176. The number of nitrogens with zero attached hydrogens (tertiary/aromatic N) is 3. The summed E-state index contributed by atoms with van der Waals surface area (Å²) in [5, 5.41) is 8.14. The van der Waals surface area contributed by atoms with Crippen LogP contribution in [0.1, 0.15) is 0 Å². The van der Waals surface area contributed by atoms with Crippen LogP contribution in [0.15, 0.2) is 59.3 Å². The maximum Gasteiger partial charge on any atom is 0.175 e. The van der Waals surface area contributed by atoms with Gasteiger partial charge in [-0.3, -0.25) is 0 Å². The van der Waals surface area contributed by atoms with Crippen molar-refractivity contribution in [3.8, 4) is 11.1 Å². The molecule has 0 radical (unpaired) electrons. The van der Waals surface area contributed by atoms with Crippen LogP contribution in [-0.2, 0) is 16.4 Å². The van der Waals surface area contributed by atoms with Crippen molar-refractivity contribution in [3.63, 3.8) is 0 Å². The SMILES string of the molecule is CS(=O)(=O)c1cccc(-c2cccc3c2nnn3C/C(F)=C/CN)c1.Cl. The number of hydrogen-bond acceptors (Lipinski definition) is 5. The molecule has 3 aromatic rings. The second kappa shape index (κ2) is 7.94. The maximum atomic E-state index is 13.7. The van der Waals surface area contributed by atoms with Crippen molar-refractivity contribution in [3.05, 3.63) is 54.4 Å². The predicted octanol–water partition coefficient (Wildman–Crippen LogP) is 2.74. The number of sulfone groups is 1. The zero-order chi connectivity index (χ0) is 18.0. The highest BCUT2D eigenvalue weighted by Crippen LogP contribution is 2.28. The molecule has 26 heavy (non-hydrogen) atoms. The smallest absolute Gasteiger partial charge is 0.175 e. The molecule has 0 bridgehead atoms. The van der Waals surface area contributed by atoms with Gasteiger partial charge < -0.3 is 5.73 Å². The van der Waals surface area contributed by atoms with Gasteiger partial charge in [0.15, 0.2) is 9.84 Å². The van der Waals surface area contributed by atoms with E-state index in [1.807, 2.05) is 6.07 Å². The molecule has 0 aliphatic heterocycles. The minimum atomic E-state index is -3.31. The first-order valence-corrected chi connectivity index (χ1v) is 9.46. The summed E-state index contributed by atoms with van der Waals surface area (Å²) in [6.45, 7) is 0.0581. The Morgan fingerprint density at radius 2 is 2.00 bits per heavy atom. The third-order valence-electron chi connectivity index (χ3n) is 3.76. The van der Waals surface area contributed by atoms with E-state index in [1.165, 1.54) is 10.8 Å². The second-order valence-electron chi connectivity index (χ2n) is 5.61. The molecule has 138 valence electrons. The number of halogens is 2. The van der Waals surface area contributed by atoms with Gasteiger partial charge in [-0.2, -0.15) is 0 Å². The molecule has 2 N–H and O–H groups in total. The summed E-state index contributed by atoms with van der Waals surface area (Å²) in [5.74, 6) is -0.390. The van der Waals surface area contributed by atoms with Crippen LogP contribution in [0.5, 0.6) is 0 Å². The molecule has 3 rings (SSSR count). The van der Waals surface area contributed by atoms with Crippen molar-refractivity contribution in [2.24, 2.45) is 5.73 Å². The summed E-state index contributed by atoms with van der Waals surface area (Å²) in [5.41, 5.74) is 7.98. The van der Waals surface area contributed by atoms with E-state index in [0.29, 0.717) is 16.6 Å². The van der Waals surface area contributed by atoms with Gasteiger partial charge in [-0.05, 0) is 29.8 Å². The fourth-order valence-electron chi connectivity index (χ4n) is 2.57. The van der Waals surface area contributed by atoms with Gasteiger partial charge in [0, 0.05) is 18.4 Å². The van der Waals surface area contributed by atoms with Crippen LogP contribution < -0.4 is 5.73 Å². The molecule has 0 unspecified atom stereocenters. The lowest BCUT2D eigenvalue weighted by Crippen LogP contribution is -2.03. The number of benzene rings is 2. The Labute approximate surface area is 156 Å². The van der Waals surface area contributed by atoms with Gasteiger partial charge in [-0.25, -0.2) is 17.5 Å². The summed E-state index contributed by atoms with van der Waals surface area (Å²) in [6.07, 6.45) is 2.45. The molecule has 2 aromatic carbocycles. The van der Waals surface area contributed by atoms with Crippen LogP contribution in [0.2, 0.25) is 0 Å². The van der Waals surface area contributed by atoms with E-state index in [9.17, 15) is 12.8 Å². The predicted molar refractivity (Wildman–Crippen MR) is 102 cm³/mol. The van der Waals surface area contributed by atoms with E-state index < -0.39 is 15.7 Å². The average molecular weight is 397 g/mol. The van der Waals surface area contributed by atoms with Crippen LogP contribution in [0.3, 0.4) is 0 Å². The van der Waals surface area contributed by atoms with Gasteiger partial charge in [0.05, 0.1) is 17.0 Å². The van der Waals surface area contributed by atoms with Gasteiger partial charge in [0.2, 0.25) is 0 Å². The van der Waals surface area contributed by atoms with Crippen LogP contribution >= 0.6 is 12.4 Å². The van der Waals surface area contributed by atoms with Crippen molar-refractivity contribution in [1.82, 2.24) is 15.0 Å². The Balaban J connectivity index is 0.00000243. The minimum Gasteiger partial charge on any atom is -0.327 e. The lowest BCUT2D eigenvalue weighted by Gasteiger charge is -2.06. The Hall–Kier alpha value is -2.29. The van der Waals surface area contributed by atoms with Gasteiger partial charge >= 0.3 is 0 Å². The van der Waals surface area contributed by atoms with Crippen LogP contribution in [0.4, 0.5) is 4.39 Å². The lowest BCUT2D eigenvalue weighted by molar-refractivity contribution is 0.524. The standard InChI is InChI=1S/C17H17FN4O2S.ClH/c1-25(23,24)14-5-2-4-12(10-14)15-6-3-7-16-17(15)20-21-22(16)11-13(18)8-9-19;/h2-8,10H,9,11,19H2,1H3;1H/b13-8-;. The molecule has 0 spiro atoms. The van der Waals surface area contributed by atoms with Crippen LogP contribution in [-0.4, -0.2) is 36.2 Å². The number of hydrogen-bond donors (Lipinski definition) is 1. The molecule has 6 nitrogen and oxygen atoms in total. The number of nitrogens with two attached hydrogens (primary N) is 1. The van der Waals surface area contributed by atoms with Crippen molar-refractivity contribution >= 4 is 33.3 Å². The van der Waals surface area contributed by atoms with E-state index in [1.54, 1.807) is 36.4 Å². The van der Waals surface area contributed by atoms with E-state index >= 15 is 0 Å². The zero-order valence-corrected chi connectivity index (χ0v) is 15.6. The largest absolute Gasteiger partial charge is 0.327 e. The van der Waals surface area contributed by atoms with Gasteiger partial charge in [-0.1, -0.05) is 29.5 Å². The Kier molecular flexibility index (Phi) is 6.12. The summed E-state index contributed by atoms with van der Waals surface area (Å²) in [4.78, 5) is 0.228. The number of fused-ring (bicyclic) bond motifs is 1. The van der Waals surface area contributed by atoms with E-state index in [0.717, 1.165) is 11.8 Å².